The number of aliphatic imine (C=N–C) groups is 2. The number of nitrogens with zero attached hydrogens (tertiary/aromatic N) is 3. The van der Waals surface area contributed by atoms with Crippen molar-refractivity contribution in [2.24, 2.45) is 9.98 Å². The summed E-state index contributed by atoms with van der Waals surface area (Å²) < 4.78 is 18.7. The fourth-order valence-electron chi connectivity index (χ4n) is 2.80. The van der Waals surface area contributed by atoms with E-state index in [-0.39, 0.29) is 5.02 Å². The number of furan rings is 1. The lowest BCUT2D eigenvalue weighted by Gasteiger charge is -2.18. The summed E-state index contributed by atoms with van der Waals surface area (Å²) in [5, 5.41) is 2.81. The van der Waals surface area contributed by atoms with Gasteiger partial charge >= 0.3 is 0 Å². The number of fused-ring (bicyclic) bond motifs is 3. The molecule has 0 radical (unpaired) electrons. The molecule has 2 aliphatic heterocycles. The maximum Gasteiger partial charge on any atom is 0.260 e. The first kappa shape index (κ1) is 14.9. The molecule has 122 valence electrons. The summed E-state index contributed by atoms with van der Waals surface area (Å²) in [5.74, 6) is 0.592. The highest BCUT2D eigenvalue weighted by atomic mass is 35.5. The number of amides is 1. The number of nitrogens with one attached hydrogen (secondary N) is 1. The molecule has 2 aromatic rings. The predicted octanol–water partition coefficient (Wildman–Crippen LogP) is 3.37. The van der Waals surface area contributed by atoms with E-state index >= 15 is 0 Å². The molecule has 1 amide bonds. The number of carbonyl (C=O) groups excluding carboxylic acids is 1. The molecule has 3 heterocycles. The van der Waals surface area contributed by atoms with E-state index in [1.807, 2.05) is 4.90 Å². The van der Waals surface area contributed by atoms with Crippen LogP contribution < -0.4 is 5.32 Å². The molecular formula is C16H12ClFN4O2. The van der Waals surface area contributed by atoms with E-state index in [0.29, 0.717) is 47.4 Å². The van der Waals surface area contributed by atoms with Gasteiger partial charge in [-0.3, -0.25) is 9.79 Å². The van der Waals surface area contributed by atoms with E-state index in [2.05, 4.69) is 15.3 Å². The Morgan fingerprint density at radius 2 is 2.29 bits per heavy atom. The monoisotopic (exact) mass is 346 g/mol. The lowest BCUT2D eigenvalue weighted by molar-refractivity contribution is 0.102. The second kappa shape index (κ2) is 5.45. The Morgan fingerprint density at radius 3 is 3.08 bits per heavy atom. The highest BCUT2D eigenvalue weighted by molar-refractivity contribution is 6.34. The molecule has 0 fully saturated rings. The van der Waals surface area contributed by atoms with Crippen molar-refractivity contribution < 1.29 is 13.6 Å². The second-order valence-corrected chi connectivity index (χ2v) is 5.84. The van der Waals surface area contributed by atoms with Crippen LogP contribution in [0.25, 0.3) is 0 Å². The molecule has 8 heteroatoms. The largest absolute Gasteiger partial charge is 0.442 e. The normalized spacial score (nSPS) is 15.1. The van der Waals surface area contributed by atoms with Crippen LogP contribution in [0.15, 0.2) is 32.6 Å². The number of anilines is 1. The Balaban J connectivity index is 1.74. The molecule has 1 N–H and O–H groups in total. The van der Waals surface area contributed by atoms with Crippen molar-refractivity contribution in [2.45, 2.75) is 6.92 Å². The number of carbonyl (C=O) groups is 1. The van der Waals surface area contributed by atoms with E-state index < -0.39 is 11.7 Å². The van der Waals surface area contributed by atoms with Crippen LogP contribution in [-0.4, -0.2) is 36.1 Å². The van der Waals surface area contributed by atoms with Gasteiger partial charge in [-0.2, -0.15) is 0 Å². The Morgan fingerprint density at radius 1 is 1.46 bits per heavy atom. The molecule has 0 atom stereocenters. The van der Waals surface area contributed by atoms with E-state index in [9.17, 15) is 9.18 Å². The molecule has 0 bridgehead atoms. The van der Waals surface area contributed by atoms with Gasteiger partial charge in [-0.1, -0.05) is 11.6 Å². The smallest absolute Gasteiger partial charge is 0.260 e. The summed E-state index contributed by atoms with van der Waals surface area (Å²) in [7, 11) is 0. The number of benzene rings is 1. The molecule has 0 aliphatic carbocycles. The van der Waals surface area contributed by atoms with Crippen molar-refractivity contribution in [3.63, 3.8) is 0 Å². The lowest BCUT2D eigenvalue weighted by Crippen LogP contribution is -2.30. The van der Waals surface area contributed by atoms with Crippen LogP contribution >= 0.6 is 11.6 Å². The van der Waals surface area contributed by atoms with Gasteiger partial charge in [0.05, 0.1) is 28.4 Å². The van der Waals surface area contributed by atoms with Gasteiger partial charge < -0.3 is 14.6 Å². The van der Waals surface area contributed by atoms with Gasteiger partial charge in [-0.25, -0.2) is 9.38 Å². The van der Waals surface area contributed by atoms with Gasteiger partial charge in [0.2, 0.25) is 5.88 Å². The van der Waals surface area contributed by atoms with Crippen molar-refractivity contribution in [1.82, 2.24) is 4.90 Å². The maximum atomic E-state index is 13.1. The first-order chi connectivity index (χ1) is 11.5. The number of hydrogen-bond donors (Lipinski definition) is 1. The molecule has 0 saturated heterocycles. The fraction of sp³-hybridized carbons (Fsp3) is 0.188. The number of rotatable bonds is 2. The van der Waals surface area contributed by atoms with Crippen LogP contribution in [0.1, 0.15) is 21.7 Å². The first-order valence-corrected chi connectivity index (χ1v) is 7.68. The molecule has 0 spiro atoms. The molecule has 0 saturated carbocycles. The summed E-state index contributed by atoms with van der Waals surface area (Å²) in [5.41, 5.74) is 1.25. The Labute approximate surface area is 141 Å². The number of aryl methyl sites for hydroxylation is 1. The van der Waals surface area contributed by atoms with E-state index in [1.165, 1.54) is 12.1 Å². The lowest BCUT2D eigenvalue weighted by atomic mass is 10.1. The highest BCUT2D eigenvalue weighted by Gasteiger charge is 2.33. The minimum Gasteiger partial charge on any atom is -0.442 e. The maximum absolute atomic E-state index is 13.1. The number of amidine groups is 1. The fourth-order valence-corrected chi connectivity index (χ4v) is 3.01. The predicted molar refractivity (Wildman–Crippen MR) is 89.1 cm³/mol. The summed E-state index contributed by atoms with van der Waals surface area (Å²) in [4.78, 5) is 23.3. The third-order valence-corrected chi connectivity index (χ3v) is 4.20. The van der Waals surface area contributed by atoms with Crippen molar-refractivity contribution in [1.29, 1.82) is 0 Å². The van der Waals surface area contributed by atoms with Crippen LogP contribution in [0.2, 0.25) is 5.02 Å². The Kier molecular flexibility index (Phi) is 3.38. The summed E-state index contributed by atoms with van der Waals surface area (Å²) >= 11 is 5.97. The molecule has 4 rings (SSSR count). The zero-order valence-corrected chi connectivity index (χ0v) is 13.4. The van der Waals surface area contributed by atoms with Crippen LogP contribution in [0.4, 0.5) is 16.0 Å². The average molecular weight is 347 g/mol. The topological polar surface area (TPSA) is 70.2 Å². The van der Waals surface area contributed by atoms with Gasteiger partial charge in [0.15, 0.2) is 0 Å². The van der Waals surface area contributed by atoms with Gasteiger partial charge in [-0.05, 0) is 25.1 Å². The van der Waals surface area contributed by atoms with E-state index in [0.717, 1.165) is 6.07 Å². The van der Waals surface area contributed by atoms with Crippen LogP contribution in [-0.2, 0) is 0 Å². The third-order valence-electron chi connectivity index (χ3n) is 3.88. The minimum atomic E-state index is -0.472. The standard InChI is InChI=1S/C16H12ClFN4O2/c1-8-12(15(23)21-11-3-2-9(18)6-10(11)17)13-14-19-4-5-22(14)7-20-16(13)24-8/h2-3,6-7H,4-5H2,1H3,(H,21,23). The summed E-state index contributed by atoms with van der Waals surface area (Å²) in [6, 6.07) is 3.78. The van der Waals surface area contributed by atoms with Gasteiger partial charge in [0.25, 0.3) is 5.91 Å². The number of hydrogen-bond acceptors (Lipinski definition) is 5. The highest BCUT2D eigenvalue weighted by Crippen LogP contribution is 2.35. The molecule has 1 aromatic heterocycles. The van der Waals surface area contributed by atoms with Gasteiger partial charge in [0.1, 0.15) is 23.8 Å². The SMILES string of the molecule is Cc1oc2c(c1C(=O)Nc1ccc(F)cc1Cl)C1=NCCN1C=N2. The van der Waals surface area contributed by atoms with Crippen LogP contribution in [0.3, 0.4) is 0 Å². The molecule has 0 unspecified atom stereocenters. The quantitative estimate of drug-likeness (QED) is 0.906. The molecule has 2 aliphatic rings. The Bertz CT molecular complexity index is 919. The van der Waals surface area contributed by atoms with E-state index in [1.54, 1.807) is 13.3 Å². The van der Waals surface area contributed by atoms with Crippen LogP contribution in [0.5, 0.6) is 0 Å². The summed E-state index contributed by atoms with van der Waals surface area (Å²) in [6.45, 7) is 3.04. The molecule has 1 aromatic carbocycles. The second-order valence-electron chi connectivity index (χ2n) is 5.43. The van der Waals surface area contributed by atoms with Gasteiger partial charge in [0, 0.05) is 6.54 Å². The zero-order valence-electron chi connectivity index (χ0n) is 12.6. The van der Waals surface area contributed by atoms with Crippen molar-refractivity contribution in [3.8, 4) is 0 Å². The van der Waals surface area contributed by atoms with Crippen molar-refractivity contribution in [3.05, 3.63) is 45.9 Å². The average Bonchev–Trinajstić information content (AvgIpc) is 3.12. The molecule has 6 nitrogen and oxygen atoms in total. The van der Waals surface area contributed by atoms with Crippen molar-refractivity contribution >= 4 is 41.3 Å². The van der Waals surface area contributed by atoms with Crippen molar-refractivity contribution in [2.75, 3.05) is 18.4 Å². The molecular weight excluding hydrogens is 335 g/mol. The zero-order chi connectivity index (χ0) is 16.8. The number of halogens is 2. The Hall–Kier alpha value is -2.67. The third kappa shape index (κ3) is 2.28. The summed E-state index contributed by atoms with van der Waals surface area (Å²) in [6.07, 6.45) is 1.65. The van der Waals surface area contributed by atoms with Gasteiger partial charge in [-0.15, -0.1) is 0 Å². The molecule has 24 heavy (non-hydrogen) atoms. The van der Waals surface area contributed by atoms with E-state index in [4.69, 9.17) is 16.0 Å². The van der Waals surface area contributed by atoms with Crippen LogP contribution in [0, 0.1) is 12.7 Å². The minimum absolute atomic E-state index is 0.121. The first-order valence-electron chi connectivity index (χ1n) is 7.30.